The Morgan fingerprint density at radius 3 is 2.20 bits per heavy atom. The Morgan fingerprint density at radius 1 is 0.900 bits per heavy atom. The van der Waals surface area contributed by atoms with Crippen LogP contribution in [0.2, 0.25) is 0 Å². The number of nitrogens with zero attached hydrogens (tertiary/aromatic N) is 1. The fourth-order valence-electron chi connectivity index (χ4n) is 2.27. The van der Waals surface area contributed by atoms with Crippen molar-refractivity contribution in [2.24, 2.45) is 0 Å². The Kier molecular flexibility index (Phi) is 5.63. The monoisotopic (exact) mass is 268 g/mol. The average molecular weight is 268 g/mol. The van der Waals surface area contributed by atoms with Gasteiger partial charge in [0.1, 0.15) is 0 Å². The highest BCUT2D eigenvalue weighted by Crippen LogP contribution is 2.15. The van der Waals surface area contributed by atoms with E-state index in [2.05, 4.69) is 78.8 Å². The highest BCUT2D eigenvalue weighted by atomic mass is 15.1. The zero-order chi connectivity index (χ0) is 14.2. The molecule has 1 N–H and O–H groups in total. The SMILES string of the molecule is CCNCCc1ccc(CN(C)c2ccccc2)cc1. The number of hydrogen-bond acceptors (Lipinski definition) is 2. The number of anilines is 1. The zero-order valence-corrected chi connectivity index (χ0v) is 12.5. The van der Waals surface area contributed by atoms with Gasteiger partial charge in [-0.2, -0.15) is 0 Å². The van der Waals surface area contributed by atoms with E-state index >= 15 is 0 Å². The van der Waals surface area contributed by atoms with E-state index in [0.29, 0.717) is 0 Å². The lowest BCUT2D eigenvalue weighted by Crippen LogP contribution is -2.17. The van der Waals surface area contributed by atoms with Crippen LogP contribution in [0.1, 0.15) is 18.1 Å². The van der Waals surface area contributed by atoms with Gasteiger partial charge in [0.05, 0.1) is 0 Å². The van der Waals surface area contributed by atoms with Gasteiger partial charge in [-0.1, -0.05) is 49.4 Å². The molecule has 20 heavy (non-hydrogen) atoms. The molecule has 2 heteroatoms. The van der Waals surface area contributed by atoms with Crippen molar-refractivity contribution in [1.82, 2.24) is 5.32 Å². The minimum Gasteiger partial charge on any atom is -0.370 e. The van der Waals surface area contributed by atoms with Crippen LogP contribution >= 0.6 is 0 Å². The maximum absolute atomic E-state index is 3.36. The van der Waals surface area contributed by atoms with Crippen LogP contribution in [0, 0.1) is 0 Å². The first-order chi connectivity index (χ1) is 9.79. The zero-order valence-electron chi connectivity index (χ0n) is 12.5. The fourth-order valence-corrected chi connectivity index (χ4v) is 2.27. The molecule has 0 aliphatic rings. The number of nitrogens with one attached hydrogen (secondary N) is 1. The molecule has 0 spiro atoms. The van der Waals surface area contributed by atoms with Gasteiger partial charge in [-0.15, -0.1) is 0 Å². The predicted molar refractivity (Wildman–Crippen MR) is 87.2 cm³/mol. The molecule has 0 radical (unpaired) electrons. The van der Waals surface area contributed by atoms with Crippen molar-refractivity contribution in [1.29, 1.82) is 0 Å². The van der Waals surface area contributed by atoms with Crippen LogP contribution in [0.4, 0.5) is 5.69 Å². The quantitative estimate of drug-likeness (QED) is 0.773. The summed E-state index contributed by atoms with van der Waals surface area (Å²) in [5.74, 6) is 0. The van der Waals surface area contributed by atoms with Crippen LogP contribution in [0.15, 0.2) is 54.6 Å². The first-order valence-electron chi connectivity index (χ1n) is 7.34. The summed E-state index contributed by atoms with van der Waals surface area (Å²) in [6, 6.07) is 19.5. The van der Waals surface area contributed by atoms with Gasteiger partial charge in [-0.25, -0.2) is 0 Å². The molecule has 0 atom stereocenters. The van der Waals surface area contributed by atoms with E-state index < -0.39 is 0 Å². The molecule has 2 aromatic carbocycles. The number of likely N-dealkylation sites (N-methyl/N-ethyl adjacent to an activating group) is 1. The second-order valence-electron chi connectivity index (χ2n) is 5.11. The van der Waals surface area contributed by atoms with Crippen LogP contribution in [0.5, 0.6) is 0 Å². The fraction of sp³-hybridized carbons (Fsp3) is 0.333. The van der Waals surface area contributed by atoms with Crippen molar-refractivity contribution in [2.45, 2.75) is 19.9 Å². The molecule has 106 valence electrons. The molecule has 2 rings (SSSR count). The molecule has 0 aromatic heterocycles. The summed E-state index contributed by atoms with van der Waals surface area (Å²) < 4.78 is 0. The molecule has 0 bridgehead atoms. The molecule has 0 saturated carbocycles. The normalized spacial score (nSPS) is 10.5. The van der Waals surface area contributed by atoms with E-state index in [9.17, 15) is 0 Å². The summed E-state index contributed by atoms with van der Waals surface area (Å²) in [5, 5.41) is 3.36. The predicted octanol–water partition coefficient (Wildman–Crippen LogP) is 3.48. The van der Waals surface area contributed by atoms with E-state index in [1.165, 1.54) is 16.8 Å². The van der Waals surface area contributed by atoms with Crippen molar-refractivity contribution in [3.63, 3.8) is 0 Å². The maximum atomic E-state index is 3.36. The number of benzene rings is 2. The minimum absolute atomic E-state index is 0.942. The second kappa shape index (κ2) is 7.71. The summed E-state index contributed by atoms with van der Waals surface area (Å²) in [4.78, 5) is 2.27. The highest BCUT2D eigenvalue weighted by molar-refractivity contribution is 5.45. The number of hydrogen-bond donors (Lipinski definition) is 1. The van der Waals surface area contributed by atoms with Crippen LogP contribution in [-0.2, 0) is 13.0 Å². The van der Waals surface area contributed by atoms with Gasteiger partial charge in [0.2, 0.25) is 0 Å². The Hall–Kier alpha value is -1.80. The van der Waals surface area contributed by atoms with Crippen molar-refractivity contribution in [3.8, 4) is 0 Å². The maximum Gasteiger partial charge on any atom is 0.0426 e. The van der Waals surface area contributed by atoms with Crippen molar-refractivity contribution >= 4 is 5.69 Å². The molecule has 0 heterocycles. The summed E-state index contributed by atoms with van der Waals surface area (Å²) in [7, 11) is 2.13. The van der Waals surface area contributed by atoms with Gasteiger partial charge in [-0.3, -0.25) is 0 Å². The molecular formula is C18H24N2. The molecule has 0 aliphatic carbocycles. The molecular weight excluding hydrogens is 244 g/mol. The molecule has 0 amide bonds. The smallest absolute Gasteiger partial charge is 0.0426 e. The van der Waals surface area contributed by atoms with Crippen molar-refractivity contribution < 1.29 is 0 Å². The van der Waals surface area contributed by atoms with Crippen molar-refractivity contribution in [3.05, 3.63) is 65.7 Å². The lowest BCUT2D eigenvalue weighted by molar-refractivity contribution is 0.716. The van der Waals surface area contributed by atoms with E-state index in [1.54, 1.807) is 0 Å². The second-order valence-corrected chi connectivity index (χ2v) is 5.11. The van der Waals surface area contributed by atoms with Gasteiger partial charge in [0, 0.05) is 19.3 Å². The largest absolute Gasteiger partial charge is 0.370 e. The summed E-state index contributed by atoms with van der Waals surface area (Å²) in [6.07, 6.45) is 1.10. The van der Waals surface area contributed by atoms with E-state index in [-0.39, 0.29) is 0 Å². The van der Waals surface area contributed by atoms with E-state index in [4.69, 9.17) is 0 Å². The summed E-state index contributed by atoms with van der Waals surface area (Å²) in [5.41, 5.74) is 4.00. The minimum atomic E-state index is 0.942. The molecule has 0 saturated heterocycles. The Bertz CT molecular complexity index is 491. The van der Waals surface area contributed by atoms with Gasteiger partial charge in [0.15, 0.2) is 0 Å². The topological polar surface area (TPSA) is 15.3 Å². The lowest BCUT2D eigenvalue weighted by Gasteiger charge is -2.19. The van der Waals surface area contributed by atoms with Gasteiger partial charge in [0.25, 0.3) is 0 Å². The summed E-state index contributed by atoms with van der Waals surface area (Å²) in [6.45, 7) is 5.18. The highest BCUT2D eigenvalue weighted by Gasteiger charge is 2.01. The van der Waals surface area contributed by atoms with Crippen LogP contribution in [-0.4, -0.2) is 20.1 Å². The molecule has 2 aromatic rings. The van der Waals surface area contributed by atoms with Crippen LogP contribution < -0.4 is 10.2 Å². The molecule has 2 nitrogen and oxygen atoms in total. The third-order valence-electron chi connectivity index (χ3n) is 3.48. The first-order valence-corrected chi connectivity index (χ1v) is 7.34. The van der Waals surface area contributed by atoms with Crippen molar-refractivity contribution in [2.75, 3.05) is 25.0 Å². The molecule has 0 aliphatic heterocycles. The lowest BCUT2D eigenvalue weighted by atomic mass is 10.1. The number of para-hydroxylation sites is 1. The standard InChI is InChI=1S/C18H24N2/c1-3-19-14-13-16-9-11-17(12-10-16)15-20(2)18-7-5-4-6-8-18/h4-12,19H,3,13-15H2,1-2H3. The van der Waals surface area contributed by atoms with Crippen LogP contribution in [0.3, 0.4) is 0 Å². The van der Waals surface area contributed by atoms with E-state index in [1.807, 2.05) is 0 Å². The average Bonchev–Trinajstić information content (AvgIpc) is 2.50. The first kappa shape index (κ1) is 14.6. The summed E-state index contributed by atoms with van der Waals surface area (Å²) >= 11 is 0. The Morgan fingerprint density at radius 2 is 1.55 bits per heavy atom. The molecule has 0 unspecified atom stereocenters. The van der Waals surface area contributed by atoms with Gasteiger partial charge in [-0.05, 0) is 42.8 Å². The van der Waals surface area contributed by atoms with Crippen LogP contribution in [0.25, 0.3) is 0 Å². The Balaban J connectivity index is 1.90. The molecule has 0 fully saturated rings. The van der Waals surface area contributed by atoms with E-state index in [0.717, 1.165) is 26.1 Å². The van der Waals surface area contributed by atoms with Gasteiger partial charge < -0.3 is 10.2 Å². The third-order valence-corrected chi connectivity index (χ3v) is 3.48. The third kappa shape index (κ3) is 4.39. The number of rotatable bonds is 7. The van der Waals surface area contributed by atoms with Gasteiger partial charge >= 0.3 is 0 Å². The Labute approximate surface area is 122 Å².